The third kappa shape index (κ3) is 3.36. The highest BCUT2D eigenvalue weighted by Crippen LogP contribution is 2.23. The molecule has 0 bridgehead atoms. The van der Waals surface area contributed by atoms with Gasteiger partial charge in [0.15, 0.2) is 0 Å². The molecule has 3 heteroatoms. The second-order valence-electron chi connectivity index (χ2n) is 3.21. The van der Waals surface area contributed by atoms with Crippen LogP contribution in [0.1, 0.15) is 12.5 Å². The molecule has 1 rings (SSSR count). The van der Waals surface area contributed by atoms with Crippen LogP contribution in [0.3, 0.4) is 0 Å². The normalized spacial score (nSPS) is 12.6. The van der Waals surface area contributed by atoms with Gasteiger partial charge in [0.05, 0.1) is 6.10 Å². The lowest BCUT2D eigenvalue weighted by molar-refractivity contribution is 0.208. The van der Waals surface area contributed by atoms with Crippen LogP contribution < -0.4 is 5.32 Å². The predicted octanol–water partition coefficient (Wildman–Crippen LogP) is 2.55. The van der Waals surface area contributed by atoms with Crippen LogP contribution in [-0.2, 0) is 0 Å². The Hall–Kier alpha value is -0.540. The van der Waals surface area contributed by atoms with Crippen LogP contribution in [0.25, 0.3) is 0 Å². The van der Waals surface area contributed by atoms with Gasteiger partial charge in [0.2, 0.25) is 0 Å². The van der Waals surface area contributed by atoms with E-state index in [1.54, 1.807) is 6.92 Å². The summed E-state index contributed by atoms with van der Waals surface area (Å²) in [6, 6.07) is 6.08. The summed E-state index contributed by atoms with van der Waals surface area (Å²) in [5.74, 6) is 0. The zero-order valence-electron chi connectivity index (χ0n) is 7.84. The molecular formula is C10H14BrNO. The number of nitrogens with one attached hydrogen (secondary N) is 1. The first-order chi connectivity index (χ1) is 6.09. The summed E-state index contributed by atoms with van der Waals surface area (Å²) < 4.78 is 1.04. The average molecular weight is 244 g/mol. The van der Waals surface area contributed by atoms with Crippen LogP contribution in [0.2, 0.25) is 0 Å². The van der Waals surface area contributed by atoms with E-state index in [2.05, 4.69) is 21.2 Å². The third-order valence-electron chi connectivity index (χ3n) is 1.71. The van der Waals surface area contributed by atoms with Gasteiger partial charge in [-0.15, -0.1) is 0 Å². The van der Waals surface area contributed by atoms with E-state index < -0.39 is 0 Å². The Morgan fingerprint density at radius 3 is 2.77 bits per heavy atom. The Kier molecular flexibility index (Phi) is 3.75. The Bertz CT molecular complexity index is 286. The largest absolute Gasteiger partial charge is 0.392 e. The van der Waals surface area contributed by atoms with Crippen molar-refractivity contribution in [3.05, 3.63) is 28.2 Å². The van der Waals surface area contributed by atoms with Crippen LogP contribution in [-0.4, -0.2) is 17.8 Å². The molecule has 1 aromatic rings. The molecule has 0 aromatic heterocycles. The lowest BCUT2D eigenvalue weighted by Gasteiger charge is -2.10. The van der Waals surface area contributed by atoms with Crippen molar-refractivity contribution in [1.29, 1.82) is 0 Å². The molecular weight excluding hydrogens is 230 g/mol. The molecule has 0 aliphatic heterocycles. The molecule has 0 saturated heterocycles. The Balaban J connectivity index is 2.67. The number of benzene rings is 1. The third-order valence-corrected chi connectivity index (χ3v) is 2.37. The lowest BCUT2D eigenvalue weighted by atomic mass is 10.2. The molecule has 0 saturated carbocycles. The van der Waals surface area contributed by atoms with E-state index in [4.69, 9.17) is 5.11 Å². The van der Waals surface area contributed by atoms with Gasteiger partial charge in [-0.05, 0) is 47.5 Å². The first-order valence-corrected chi connectivity index (χ1v) is 5.07. The number of rotatable bonds is 3. The van der Waals surface area contributed by atoms with E-state index >= 15 is 0 Å². The molecule has 0 fully saturated rings. The standard InChI is InChI=1S/C10H14BrNO/c1-7-3-4-10(9(11)5-7)12-6-8(2)13/h3-5,8,12-13H,6H2,1-2H3/t8-/m1/s1. The number of aryl methyl sites for hydroxylation is 1. The van der Waals surface area contributed by atoms with Gasteiger partial charge in [0.25, 0.3) is 0 Å². The Morgan fingerprint density at radius 2 is 2.23 bits per heavy atom. The van der Waals surface area contributed by atoms with E-state index in [-0.39, 0.29) is 6.10 Å². The van der Waals surface area contributed by atoms with Crippen molar-refractivity contribution in [2.24, 2.45) is 0 Å². The molecule has 13 heavy (non-hydrogen) atoms. The summed E-state index contributed by atoms with van der Waals surface area (Å²) >= 11 is 3.45. The van der Waals surface area contributed by atoms with Crippen molar-refractivity contribution < 1.29 is 5.11 Å². The minimum atomic E-state index is -0.326. The van der Waals surface area contributed by atoms with Gasteiger partial charge >= 0.3 is 0 Å². The monoisotopic (exact) mass is 243 g/mol. The lowest BCUT2D eigenvalue weighted by Crippen LogP contribution is -2.15. The zero-order valence-corrected chi connectivity index (χ0v) is 9.43. The predicted molar refractivity (Wildman–Crippen MR) is 59.0 cm³/mol. The summed E-state index contributed by atoms with van der Waals surface area (Å²) in [5.41, 5.74) is 2.24. The molecule has 72 valence electrons. The van der Waals surface area contributed by atoms with Crippen LogP contribution in [0.15, 0.2) is 22.7 Å². The fraction of sp³-hybridized carbons (Fsp3) is 0.400. The maximum atomic E-state index is 9.08. The minimum Gasteiger partial charge on any atom is -0.392 e. The first kappa shape index (κ1) is 10.5. The molecule has 0 aliphatic carbocycles. The maximum absolute atomic E-state index is 9.08. The SMILES string of the molecule is Cc1ccc(NC[C@@H](C)O)c(Br)c1. The molecule has 0 heterocycles. The van der Waals surface area contributed by atoms with Crippen LogP contribution >= 0.6 is 15.9 Å². The molecule has 1 atom stereocenters. The molecule has 2 nitrogen and oxygen atoms in total. The van der Waals surface area contributed by atoms with Gasteiger partial charge in [0, 0.05) is 16.7 Å². The topological polar surface area (TPSA) is 32.3 Å². The molecule has 0 radical (unpaired) electrons. The highest BCUT2D eigenvalue weighted by molar-refractivity contribution is 9.10. The molecule has 0 amide bonds. The molecule has 0 aliphatic rings. The smallest absolute Gasteiger partial charge is 0.0684 e. The summed E-state index contributed by atoms with van der Waals surface area (Å²) in [7, 11) is 0. The van der Waals surface area contributed by atoms with Crippen molar-refractivity contribution in [2.75, 3.05) is 11.9 Å². The number of hydrogen-bond donors (Lipinski definition) is 2. The van der Waals surface area contributed by atoms with Crippen LogP contribution in [0.5, 0.6) is 0 Å². The maximum Gasteiger partial charge on any atom is 0.0684 e. The molecule has 2 N–H and O–H groups in total. The molecule has 0 unspecified atom stereocenters. The van der Waals surface area contributed by atoms with E-state index in [0.717, 1.165) is 10.2 Å². The van der Waals surface area contributed by atoms with Gasteiger partial charge in [-0.3, -0.25) is 0 Å². The van der Waals surface area contributed by atoms with Crippen molar-refractivity contribution in [2.45, 2.75) is 20.0 Å². The van der Waals surface area contributed by atoms with Gasteiger partial charge in [-0.2, -0.15) is 0 Å². The summed E-state index contributed by atoms with van der Waals surface area (Å²) in [4.78, 5) is 0. The van der Waals surface area contributed by atoms with E-state index in [9.17, 15) is 0 Å². The zero-order chi connectivity index (χ0) is 9.84. The van der Waals surface area contributed by atoms with Gasteiger partial charge < -0.3 is 10.4 Å². The van der Waals surface area contributed by atoms with Crippen molar-refractivity contribution >= 4 is 21.6 Å². The van der Waals surface area contributed by atoms with Crippen LogP contribution in [0.4, 0.5) is 5.69 Å². The number of anilines is 1. The number of aliphatic hydroxyl groups is 1. The Labute approximate surface area is 87.1 Å². The van der Waals surface area contributed by atoms with Crippen molar-refractivity contribution in [3.63, 3.8) is 0 Å². The summed E-state index contributed by atoms with van der Waals surface area (Å²) in [5, 5.41) is 12.2. The average Bonchev–Trinajstić information content (AvgIpc) is 2.02. The van der Waals surface area contributed by atoms with Gasteiger partial charge in [0.1, 0.15) is 0 Å². The fourth-order valence-electron chi connectivity index (χ4n) is 1.02. The highest BCUT2D eigenvalue weighted by Gasteiger charge is 2.00. The highest BCUT2D eigenvalue weighted by atomic mass is 79.9. The second-order valence-corrected chi connectivity index (χ2v) is 4.07. The second kappa shape index (κ2) is 4.63. The number of hydrogen-bond acceptors (Lipinski definition) is 2. The van der Waals surface area contributed by atoms with E-state index in [1.165, 1.54) is 5.56 Å². The van der Waals surface area contributed by atoms with E-state index in [1.807, 2.05) is 25.1 Å². The summed E-state index contributed by atoms with van der Waals surface area (Å²) in [6.45, 7) is 4.37. The summed E-state index contributed by atoms with van der Waals surface area (Å²) in [6.07, 6.45) is -0.326. The number of aliphatic hydroxyl groups excluding tert-OH is 1. The molecule has 0 spiro atoms. The van der Waals surface area contributed by atoms with Crippen molar-refractivity contribution in [1.82, 2.24) is 0 Å². The number of halogens is 1. The van der Waals surface area contributed by atoms with Crippen LogP contribution in [0, 0.1) is 6.92 Å². The molecule has 1 aromatic carbocycles. The van der Waals surface area contributed by atoms with Crippen molar-refractivity contribution in [3.8, 4) is 0 Å². The van der Waals surface area contributed by atoms with Gasteiger partial charge in [-0.25, -0.2) is 0 Å². The first-order valence-electron chi connectivity index (χ1n) is 4.27. The quantitative estimate of drug-likeness (QED) is 0.856. The minimum absolute atomic E-state index is 0.326. The fourth-order valence-corrected chi connectivity index (χ4v) is 1.65. The van der Waals surface area contributed by atoms with E-state index in [0.29, 0.717) is 6.54 Å². The Morgan fingerprint density at radius 1 is 1.54 bits per heavy atom. The van der Waals surface area contributed by atoms with Gasteiger partial charge in [-0.1, -0.05) is 6.07 Å².